The van der Waals surface area contributed by atoms with Crippen molar-refractivity contribution in [3.05, 3.63) is 18.2 Å². The minimum Gasteiger partial charge on any atom is -0.472 e. The number of hydrogen-bond donors (Lipinski definition) is 2. The smallest absolute Gasteiger partial charge is 0.256 e. The van der Waals surface area contributed by atoms with E-state index in [0.717, 1.165) is 12.8 Å². The average molecular weight is 459 g/mol. The first-order chi connectivity index (χ1) is 16.1. The van der Waals surface area contributed by atoms with Crippen molar-refractivity contribution in [3.8, 4) is 17.1 Å². The van der Waals surface area contributed by atoms with Gasteiger partial charge in [-0.3, -0.25) is 4.79 Å². The molecule has 3 fully saturated rings. The third kappa shape index (κ3) is 4.81. The fraction of sp³-hybridized carbons (Fsp3) is 0.571. The zero-order chi connectivity index (χ0) is 22.8. The van der Waals surface area contributed by atoms with E-state index in [1.54, 1.807) is 0 Å². The van der Waals surface area contributed by atoms with Gasteiger partial charge in [0, 0.05) is 56.5 Å². The van der Waals surface area contributed by atoms with Gasteiger partial charge < -0.3 is 30.2 Å². The predicted octanol–water partition coefficient (Wildman–Crippen LogP) is 0.696. The Morgan fingerprint density at radius 3 is 2.64 bits per heavy atom. The van der Waals surface area contributed by atoms with Gasteiger partial charge in [-0.15, -0.1) is 0 Å². The molecular formula is C21H26FN7O4. The lowest BCUT2D eigenvalue weighted by Crippen LogP contribution is -2.51. The Labute approximate surface area is 189 Å². The van der Waals surface area contributed by atoms with E-state index in [2.05, 4.69) is 25.3 Å². The lowest BCUT2D eigenvalue weighted by atomic mass is 9.89. The molecule has 1 saturated carbocycles. The van der Waals surface area contributed by atoms with E-state index >= 15 is 4.39 Å². The van der Waals surface area contributed by atoms with Gasteiger partial charge in [-0.25, -0.2) is 15.0 Å². The summed E-state index contributed by atoms with van der Waals surface area (Å²) in [5.41, 5.74) is 5.98. The maximum atomic E-state index is 15.4. The molecule has 0 spiro atoms. The summed E-state index contributed by atoms with van der Waals surface area (Å²) in [5, 5.41) is 2.97. The van der Waals surface area contributed by atoms with Crippen molar-refractivity contribution in [2.75, 3.05) is 43.5 Å². The van der Waals surface area contributed by atoms with E-state index in [0.29, 0.717) is 57.3 Å². The van der Waals surface area contributed by atoms with Crippen LogP contribution in [0, 0.1) is 5.82 Å². The maximum Gasteiger partial charge on any atom is 0.256 e. The van der Waals surface area contributed by atoms with Gasteiger partial charge in [0.2, 0.25) is 23.6 Å². The summed E-state index contributed by atoms with van der Waals surface area (Å²) in [6.45, 7) is 2.86. The van der Waals surface area contributed by atoms with Gasteiger partial charge in [-0.05, 0) is 12.8 Å². The van der Waals surface area contributed by atoms with Crippen LogP contribution in [0.3, 0.4) is 0 Å². The predicted molar refractivity (Wildman–Crippen MR) is 115 cm³/mol. The van der Waals surface area contributed by atoms with E-state index in [1.807, 2.05) is 4.90 Å². The van der Waals surface area contributed by atoms with Gasteiger partial charge >= 0.3 is 0 Å². The minimum atomic E-state index is -0.688. The normalized spacial score (nSPS) is 24.9. The maximum absolute atomic E-state index is 15.4. The summed E-state index contributed by atoms with van der Waals surface area (Å²) >= 11 is 0. The van der Waals surface area contributed by atoms with Crippen LogP contribution in [0.4, 0.5) is 16.3 Å². The number of carbonyl (C=O) groups is 1. The number of nitrogens with two attached hydrogens (primary N) is 1. The van der Waals surface area contributed by atoms with Crippen LogP contribution in [-0.4, -0.2) is 77.0 Å². The van der Waals surface area contributed by atoms with E-state index < -0.39 is 5.82 Å². The van der Waals surface area contributed by atoms with Crippen molar-refractivity contribution in [1.29, 1.82) is 0 Å². The number of halogens is 1. The number of rotatable bonds is 6. The standard InChI is InChI=1S/C21H26FN7O4/c22-16-17(12-10-24-20(23)25-11-12)27-21(29-3-6-31-7-4-29)28-19(16)33-14-8-13(9-14)26-18(30)15-2-1-5-32-15/h10-11,13-15H,1-9H2,(H,26,30)(H2,23,24,25)/t13?,14?,15-/m0/s1. The summed E-state index contributed by atoms with van der Waals surface area (Å²) in [4.78, 5) is 30.8. The first-order valence-electron chi connectivity index (χ1n) is 11.1. The zero-order valence-electron chi connectivity index (χ0n) is 18.1. The van der Waals surface area contributed by atoms with Crippen LogP contribution < -0.4 is 20.7 Å². The van der Waals surface area contributed by atoms with Gasteiger partial charge in [0.05, 0.1) is 13.2 Å². The van der Waals surface area contributed by atoms with Crippen molar-refractivity contribution in [3.63, 3.8) is 0 Å². The van der Waals surface area contributed by atoms with Crippen molar-refractivity contribution in [1.82, 2.24) is 25.3 Å². The highest BCUT2D eigenvalue weighted by atomic mass is 19.1. The molecule has 0 aromatic carbocycles. The fourth-order valence-electron chi connectivity index (χ4n) is 4.07. The van der Waals surface area contributed by atoms with Crippen LogP contribution in [0.2, 0.25) is 0 Å². The fourth-order valence-corrected chi connectivity index (χ4v) is 4.07. The highest BCUT2D eigenvalue weighted by molar-refractivity contribution is 5.81. The van der Waals surface area contributed by atoms with Gasteiger partial charge in [0.25, 0.3) is 5.88 Å². The summed E-state index contributed by atoms with van der Waals surface area (Å²) < 4.78 is 32.1. The number of hydrogen-bond acceptors (Lipinski definition) is 10. The monoisotopic (exact) mass is 459 g/mol. The van der Waals surface area contributed by atoms with E-state index in [1.165, 1.54) is 12.4 Å². The number of ether oxygens (including phenoxy) is 3. The number of morpholine rings is 1. The van der Waals surface area contributed by atoms with E-state index in [9.17, 15) is 4.79 Å². The first kappa shape index (κ1) is 21.7. The SMILES string of the molecule is Nc1ncc(-c2nc(N3CCOCC3)nc(OC3CC(NC(=O)[C@@H]4CCCO4)C3)c2F)cn1. The van der Waals surface area contributed by atoms with Crippen molar-refractivity contribution < 1.29 is 23.4 Å². The third-order valence-electron chi connectivity index (χ3n) is 5.99. The zero-order valence-corrected chi connectivity index (χ0v) is 18.1. The number of amides is 1. The molecule has 0 bridgehead atoms. The van der Waals surface area contributed by atoms with E-state index in [-0.39, 0.29) is 41.7 Å². The Morgan fingerprint density at radius 1 is 1.18 bits per heavy atom. The molecule has 11 nitrogen and oxygen atoms in total. The van der Waals surface area contributed by atoms with Gasteiger partial charge in [-0.2, -0.15) is 9.37 Å². The number of nitrogen functional groups attached to an aromatic ring is 1. The lowest BCUT2D eigenvalue weighted by Gasteiger charge is -2.36. The molecule has 1 atom stereocenters. The summed E-state index contributed by atoms with van der Waals surface area (Å²) in [7, 11) is 0. The molecule has 33 heavy (non-hydrogen) atoms. The molecule has 0 radical (unpaired) electrons. The van der Waals surface area contributed by atoms with E-state index in [4.69, 9.17) is 19.9 Å². The van der Waals surface area contributed by atoms with Crippen LogP contribution in [-0.2, 0) is 14.3 Å². The molecule has 176 valence electrons. The van der Waals surface area contributed by atoms with Crippen LogP contribution in [0.25, 0.3) is 11.3 Å². The second kappa shape index (κ2) is 9.40. The topological polar surface area (TPSA) is 138 Å². The van der Waals surface area contributed by atoms with Crippen LogP contribution in [0.1, 0.15) is 25.7 Å². The highest BCUT2D eigenvalue weighted by Crippen LogP contribution is 2.32. The number of nitrogens with zero attached hydrogens (tertiary/aromatic N) is 5. The number of anilines is 2. The molecule has 4 heterocycles. The molecule has 3 aliphatic rings. The number of nitrogens with one attached hydrogen (secondary N) is 1. The average Bonchev–Trinajstić information content (AvgIpc) is 3.35. The highest BCUT2D eigenvalue weighted by Gasteiger charge is 2.36. The van der Waals surface area contributed by atoms with Gasteiger partial charge in [-0.1, -0.05) is 0 Å². The van der Waals surface area contributed by atoms with Gasteiger partial charge in [0.15, 0.2) is 0 Å². The molecule has 12 heteroatoms. The molecule has 2 aromatic rings. The molecule has 5 rings (SSSR count). The first-order valence-corrected chi connectivity index (χ1v) is 11.1. The minimum absolute atomic E-state index is 0.0275. The number of aromatic nitrogens is 4. The summed E-state index contributed by atoms with van der Waals surface area (Å²) in [5.74, 6) is -0.475. The largest absolute Gasteiger partial charge is 0.472 e. The molecular weight excluding hydrogens is 433 g/mol. The molecule has 1 aliphatic carbocycles. The lowest BCUT2D eigenvalue weighted by molar-refractivity contribution is -0.132. The Balaban J connectivity index is 1.31. The molecule has 1 amide bonds. The molecule has 2 aromatic heterocycles. The van der Waals surface area contributed by atoms with Crippen molar-refractivity contribution in [2.45, 2.75) is 43.9 Å². The summed E-state index contributed by atoms with van der Waals surface area (Å²) in [6, 6.07) is -0.0275. The second-order valence-corrected chi connectivity index (χ2v) is 8.34. The van der Waals surface area contributed by atoms with Crippen LogP contribution in [0.5, 0.6) is 5.88 Å². The molecule has 2 aliphatic heterocycles. The summed E-state index contributed by atoms with van der Waals surface area (Å²) in [6.07, 6.45) is 4.97. The Bertz CT molecular complexity index is 991. The van der Waals surface area contributed by atoms with Crippen molar-refractivity contribution >= 4 is 17.8 Å². The van der Waals surface area contributed by atoms with Crippen molar-refractivity contribution in [2.24, 2.45) is 0 Å². The molecule has 3 N–H and O–H groups in total. The molecule has 0 unspecified atom stereocenters. The van der Waals surface area contributed by atoms with Crippen LogP contribution in [0.15, 0.2) is 12.4 Å². The third-order valence-corrected chi connectivity index (χ3v) is 5.99. The Hall–Kier alpha value is -3.12. The number of carbonyl (C=O) groups excluding carboxylic acids is 1. The quantitative estimate of drug-likeness (QED) is 0.635. The van der Waals surface area contributed by atoms with Gasteiger partial charge in [0.1, 0.15) is 17.9 Å². The second-order valence-electron chi connectivity index (χ2n) is 8.34. The Kier molecular flexibility index (Phi) is 6.18. The molecule has 2 saturated heterocycles. The Morgan fingerprint density at radius 2 is 1.94 bits per heavy atom. The van der Waals surface area contributed by atoms with Crippen LogP contribution >= 0.6 is 0 Å².